The number of β-amino-alcohol motifs (C(OH)–C–C–N with tert-alkyl or cyclic N) is 1. The number of piperidine rings is 1. The maximum atomic E-state index is 13.5. The van der Waals surface area contributed by atoms with Gasteiger partial charge in [0.15, 0.2) is 0 Å². The van der Waals surface area contributed by atoms with Gasteiger partial charge >= 0.3 is 0 Å². The van der Waals surface area contributed by atoms with Crippen molar-refractivity contribution in [3.05, 3.63) is 35.4 Å². The molecular formula is C22H30N2O4. The van der Waals surface area contributed by atoms with Crippen molar-refractivity contribution in [2.45, 2.75) is 57.7 Å². The lowest BCUT2D eigenvalue weighted by atomic mass is 9.73. The highest BCUT2D eigenvalue weighted by Gasteiger charge is 2.46. The zero-order chi connectivity index (χ0) is 19.6. The maximum Gasteiger partial charge on any atom is 0.229 e. The van der Waals surface area contributed by atoms with E-state index < -0.39 is 11.5 Å². The number of rotatable bonds is 4. The monoisotopic (exact) mass is 386 g/mol. The van der Waals surface area contributed by atoms with Gasteiger partial charge in [0.05, 0.1) is 17.2 Å². The summed E-state index contributed by atoms with van der Waals surface area (Å²) in [5, 5.41) is 14.3. The van der Waals surface area contributed by atoms with Gasteiger partial charge in [0.25, 0.3) is 0 Å². The number of ether oxygens (including phenoxy) is 1. The van der Waals surface area contributed by atoms with Gasteiger partial charge in [-0.25, -0.2) is 0 Å². The van der Waals surface area contributed by atoms with Gasteiger partial charge in [-0.15, -0.1) is 0 Å². The van der Waals surface area contributed by atoms with Crippen molar-refractivity contribution in [2.75, 3.05) is 26.3 Å². The standard InChI is InChI=1S/C22H30N2O4/c1-16-4-6-17(7-5-16)20-13-19(28-23-20)14-22(8-11-27-12-9-22)21(26)24-10-2-3-18(25)15-24/h4-7,18-19,25H,2-3,8-15H2,1H3/t18-,19+/m0/s1. The van der Waals surface area contributed by atoms with Gasteiger partial charge < -0.3 is 19.6 Å². The predicted molar refractivity (Wildman–Crippen MR) is 106 cm³/mol. The Hall–Kier alpha value is -1.92. The Morgan fingerprint density at radius 2 is 2.04 bits per heavy atom. The molecule has 3 aliphatic heterocycles. The average molecular weight is 386 g/mol. The topological polar surface area (TPSA) is 71.4 Å². The minimum atomic E-state index is -0.474. The number of benzene rings is 1. The largest absolute Gasteiger partial charge is 0.392 e. The molecule has 0 spiro atoms. The van der Waals surface area contributed by atoms with Gasteiger partial charge in [0.1, 0.15) is 6.10 Å². The summed E-state index contributed by atoms with van der Waals surface area (Å²) in [6, 6.07) is 8.31. The van der Waals surface area contributed by atoms with E-state index in [4.69, 9.17) is 9.57 Å². The van der Waals surface area contributed by atoms with E-state index >= 15 is 0 Å². The second kappa shape index (κ2) is 8.21. The molecule has 6 nitrogen and oxygen atoms in total. The van der Waals surface area contributed by atoms with Crippen LogP contribution in [0.2, 0.25) is 0 Å². The van der Waals surface area contributed by atoms with Crippen LogP contribution in [-0.4, -0.2) is 60.1 Å². The van der Waals surface area contributed by atoms with Crippen LogP contribution < -0.4 is 0 Å². The molecule has 1 N–H and O–H groups in total. The van der Waals surface area contributed by atoms with Crippen molar-refractivity contribution >= 4 is 11.6 Å². The second-order valence-corrected chi connectivity index (χ2v) is 8.48. The molecule has 4 rings (SSSR count). The highest BCUT2D eigenvalue weighted by molar-refractivity contribution is 6.01. The maximum absolute atomic E-state index is 13.5. The van der Waals surface area contributed by atoms with E-state index in [-0.39, 0.29) is 12.0 Å². The van der Waals surface area contributed by atoms with Crippen molar-refractivity contribution in [3.63, 3.8) is 0 Å². The summed E-state index contributed by atoms with van der Waals surface area (Å²) >= 11 is 0. The first-order chi connectivity index (χ1) is 13.6. The number of hydrogen-bond acceptors (Lipinski definition) is 5. The molecule has 0 bridgehead atoms. The van der Waals surface area contributed by atoms with E-state index in [0.29, 0.717) is 39.0 Å². The Balaban J connectivity index is 1.45. The van der Waals surface area contributed by atoms with Gasteiger partial charge in [-0.3, -0.25) is 4.79 Å². The number of aliphatic hydroxyl groups is 1. The van der Waals surface area contributed by atoms with Crippen LogP contribution in [0.4, 0.5) is 0 Å². The average Bonchev–Trinajstić information content (AvgIpc) is 3.17. The summed E-state index contributed by atoms with van der Waals surface area (Å²) in [5.41, 5.74) is 2.78. The number of nitrogens with zero attached hydrogens (tertiary/aromatic N) is 2. The quantitative estimate of drug-likeness (QED) is 0.864. The lowest BCUT2D eigenvalue weighted by Gasteiger charge is -2.42. The zero-order valence-electron chi connectivity index (χ0n) is 16.6. The van der Waals surface area contributed by atoms with Crippen LogP contribution in [0.25, 0.3) is 0 Å². The van der Waals surface area contributed by atoms with Crippen LogP contribution in [-0.2, 0) is 14.4 Å². The summed E-state index contributed by atoms with van der Waals surface area (Å²) in [5.74, 6) is 0.155. The van der Waals surface area contributed by atoms with E-state index in [0.717, 1.165) is 37.1 Å². The number of carbonyl (C=O) groups is 1. The number of oxime groups is 1. The van der Waals surface area contributed by atoms with Gasteiger partial charge in [-0.05, 0) is 38.2 Å². The second-order valence-electron chi connectivity index (χ2n) is 8.48. The Bertz CT molecular complexity index is 725. The highest BCUT2D eigenvalue weighted by atomic mass is 16.6. The van der Waals surface area contributed by atoms with Crippen LogP contribution in [0.15, 0.2) is 29.4 Å². The van der Waals surface area contributed by atoms with Crippen LogP contribution >= 0.6 is 0 Å². The Labute approximate surface area is 166 Å². The predicted octanol–water partition coefficient (Wildman–Crippen LogP) is 2.66. The summed E-state index contributed by atoms with van der Waals surface area (Å²) in [6.07, 6.45) is 3.93. The number of likely N-dealkylation sites (tertiary alicyclic amines) is 1. The first-order valence-corrected chi connectivity index (χ1v) is 10.4. The number of aliphatic hydroxyl groups excluding tert-OH is 1. The first-order valence-electron chi connectivity index (χ1n) is 10.4. The summed E-state index contributed by atoms with van der Waals surface area (Å²) in [4.78, 5) is 21.1. The summed E-state index contributed by atoms with van der Waals surface area (Å²) in [6.45, 7) is 4.44. The van der Waals surface area contributed by atoms with E-state index in [1.165, 1.54) is 5.56 Å². The molecule has 1 amide bonds. The normalized spacial score (nSPS) is 27.2. The fourth-order valence-electron chi connectivity index (χ4n) is 4.63. The van der Waals surface area contributed by atoms with Crippen LogP contribution in [0.3, 0.4) is 0 Å². The van der Waals surface area contributed by atoms with Crippen molar-refractivity contribution in [3.8, 4) is 0 Å². The van der Waals surface area contributed by atoms with Gasteiger partial charge in [0.2, 0.25) is 5.91 Å². The molecule has 2 saturated heterocycles. The van der Waals surface area contributed by atoms with E-state index in [9.17, 15) is 9.90 Å². The Morgan fingerprint density at radius 1 is 1.29 bits per heavy atom. The van der Waals surface area contributed by atoms with Crippen molar-refractivity contribution in [1.29, 1.82) is 0 Å². The molecule has 1 aromatic carbocycles. The molecule has 0 unspecified atom stereocenters. The first kappa shape index (κ1) is 19.4. The van der Waals surface area contributed by atoms with Crippen LogP contribution in [0.5, 0.6) is 0 Å². The lowest BCUT2D eigenvalue weighted by molar-refractivity contribution is -0.154. The zero-order valence-corrected chi connectivity index (χ0v) is 16.6. The number of amides is 1. The highest BCUT2D eigenvalue weighted by Crippen LogP contribution is 2.40. The minimum absolute atomic E-state index is 0.0898. The summed E-state index contributed by atoms with van der Waals surface area (Å²) in [7, 11) is 0. The molecule has 0 aromatic heterocycles. The third-order valence-electron chi connectivity index (χ3n) is 6.32. The third-order valence-corrected chi connectivity index (χ3v) is 6.32. The number of aryl methyl sites for hydroxylation is 1. The number of hydrogen-bond donors (Lipinski definition) is 1. The molecule has 0 radical (unpaired) electrons. The van der Waals surface area contributed by atoms with Gasteiger partial charge in [-0.2, -0.15) is 0 Å². The smallest absolute Gasteiger partial charge is 0.229 e. The molecule has 2 fully saturated rings. The van der Waals surface area contributed by atoms with Crippen molar-refractivity contribution in [1.82, 2.24) is 4.90 Å². The van der Waals surface area contributed by atoms with Crippen molar-refractivity contribution in [2.24, 2.45) is 10.6 Å². The van der Waals surface area contributed by atoms with Gasteiger partial charge in [0, 0.05) is 39.1 Å². The van der Waals surface area contributed by atoms with Crippen molar-refractivity contribution < 1.29 is 19.5 Å². The van der Waals surface area contributed by atoms with Crippen LogP contribution in [0, 0.1) is 12.3 Å². The number of carbonyl (C=O) groups excluding carboxylic acids is 1. The molecule has 28 heavy (non-hydrogen) atoms. The molecule has 6 heteroatoms. The van der Waals surface area contributed by atoms with Crippen LogP contribution in [0.1, 0.15) is 49.7 Å². The third kappa shape index (κ3) is 4.08. The molecule has 3 aliphatic rings. The molecule has 152 valence electrons. The Morgan fingerprint density at radius 3 is 2.75 bits per heavy atom. The fourth-order valence-corrected chi connectivity index (χ4v) is 4.63. The SMILES string of the molecule is Cc1ccc(C2=NO[C@@H](CC3(C(=O)N4CCC[C@H](O)C4)CCOCC3)C2)cc1. The van der Waals surface area contributed by atoms with E-state index in [2.05, 4.69) is 36.3 Å². The Kier molecular flexibility index (Phi) is 5.69. The molecule has 0 saturated carbocycles. The lowest BCUT2D eigenvalue weighted by Crippen LogP contribution is -2.52. The van der Waals surface area contributed by atoms with E-state index in [1.807, 2.05) is 4.90 Å². The molecule has 2 atom stereocenters. The minimum Gasteiger partial charge on any atom is -0.392 e. The molecule has 0 aliphatic carbocycles. The molecule has 1 aromatic rings. The van der Waals surface area contributed by atoms with E-state index in [1.54, 1.807) is 0 Å². The fraction of sp³-hybridized carbons (Fsp3) is 0.636. The summed E-state index contributed by atoms with van der Waals surface area (Å²) < 4.78 is 5.56. The van der Waals surface area contributed by atoms with Gasteiger partial charge in [-0.1, -0.05) is 35.0 Å². The molecular weight excluding hydrogens is 356 g/mol. The molecule has 3 heterocycles.